The van der Waals surface area contributed by atoms with Gasteiger partial charge in [-0.1, -0.05) is 37.5 Å². The van der Waals surface area contributed by atoms with Crippen molar-refractivity contribution < 1.29 is 19.1 Å². The Hall–Kier alpha value is -2.62. The van der Waals surface area contributed by atoms with E-state index in [1.54, 1.807) is 26.0 Å². The molecule has 0 saturated heterocycles. The Kier molecular flexibility index (Phi) is 6.83. The van der Waals surface area contributed by atoms with Gasteiger partial charge in [0, 0.05) is 24.0 Å². The molecule has 0 N–H and O–H groups in total. The molecule has 0 aromatic heterocycles. The van der Waals surface area contributed by atoms with Gasteiger partial charge in [-0.05, 0) is 26.0 Å². The molecule has 0 aromatic rings. The maximum Gasteiger partial charge on any atom is 0.338 e. The SMILES string of the molecule is C=C(C)C(=O)OC1=CC=CC1.C=C(C)C(=O)OC1=CC=CC1. The van der Waals surface area contributed by atoms with Crippen LogP contribution < -0.4 is 0 Å². The highest BCUT2D eigenvalue weighted by Crippen LogP contribution is 2.13. The second kappa shape index (κ2) is 8.62. The summed E-state index contributed by atoms with van der Waals surface area (Å²) in [4.78, 5) is 21.8. The van der Waals surface area contributed by atoms with Crippen LogP contribution in [0.3, 0.4) is 0 Å². The van der Waals surface area contributed by atoms with Gasteiger partial charge in [0.05, 0.1) is 0 Å². The molecule has 2 rings (SSSR count). The molecule has 2 aliphatic carbocycles. The first kappa shape index (κ1) is 17.4. The van der Waals surface area contributed by atoms with Crippen molar-refractivity contribution >= 4 is 11.9 Å². The summed E-state index contributed by atoms with van der Waals surface area (Å²) in [6, 6.07) is 0. The maximum absolute atomic E-state index is 10.9. The second-order valence-corrected chi connectivity index (χ2v) is 4.87. The van der Waals surface area contributed by atoms with Gasteiger partial charge in [-0.25, -0.2) is 9.59 Å². The Labute approximate surface area is 130 Å². The summed E-state index contributed by atoms with van der Waals surface area (Å²) in [6.07, 6.45) is 12.6. The fourth-order valence-corrected chi connectivity index (χ4v) is 1.42. The first-order chi connectivity index (χ1) is 10.4. The largest absolute Gasteiger partial charge is 0.427 e. The normalized spacial score (nSPS) is 14.5. The number of hydrogen-bond acceptors (Lipinski definition) is 4. The lowest BCUT2D eigenvalue weighted by molar-refractivity contribution is -0.135. The minimum Gasteiger partial charge on any atom is -0.427 e. The van der Waals surface area contributed by atoms with Gasteiger partial charge < -0.3 is 9.47 Å². The first-order valence-corrected chi connectivity index (χ1v) is 6.87. The van der Waals surface area contributed by atoms with Crippen LogP contribution in [-0.4, -0.2) is 11.9 Å². The molecular formula is C18H20O4. The van der Waals surface area contributed by atoms with Crippen LogP contribution >= 0.6 is 0 Å². The van der Waals surface area contributed by atoms with Gasteiger partial charge in [0.2, 0.25) is 0 Å². The summed E-state index contributed by atoms with van der Waals surface area (Å²) < 4.78 is 9.87. The highest BCUT2D eigenvalue weighted by molar-refractivity contribution is 5.88. The molecular weight excluding hydrogens is 280 g/mol. The highest BCUT2D eigenvalue weighted by Gasteiger charge is 2.08. The summed E-state index contributed by atoms with van der Waals surface area (Å²) in [6.45, 7) is 10.2. The predicted octanol–water partition coefficient (Wildman–Crippen LogP) is 3.90. The maximum atomic E-state index is 10.9. The third-order valence-electron chi connectivity index (χ3n) is 2.62. The summed E-state index contributed by atoms with van der Waals surface area (Å²) >= 11 is 0. The lowest BCUT2D eigenvalue weighted by Crippen LogP contribution is -2.03. The Balaban J connectivity index is 0.000000220. The Morgan fingerprint density at radius 1 is 0.864 bits per heavy atom. The van der Waals surface area contributed by atoms with Crippen molar-refractivity contribution in [1.82, 2.24) is 0 Å². The fourth-order valence-electron chi connectivity index (χ4n) is 1.42. The Morgan fingerprint density at radius 3 is 1.45 bits per heavy atom. The van der Waals surface area contributed by atoms with Crippen LogP contribution in [0.25, 0.3) is 0 Å². The third kappa shape index (κ3) is 6.22. The van der Waals surface area contributed by atoms with Gasteiger partial charge in [-0.15, -0.1) is 0 Å². The summed E-state index contributed by atoms with van der Waals surface area (Å²) in [5.74, 6) is 0.691. The minimum absolute atomic E-state index is 0.347. The summed E-state index contributed by atoms with van der Waals surface area (Å²) in [7, 11) is 0. The van der Waals surface area contributed by atoms with Gasteiger partial charge in [-0.3, -0.25) is 0 Å². The molecule has 116 valence electrons. The topological polar surface area (TPSA) is 52.6 Å². The van der Waals surface area contributed by atoms with Crippen LogP contribution in [-0.2, 0) is 19.1 Å². The first-order valence-electron chi connectivity index (χ1n) is 6.87. The smallest absolute Gasteiger partial charge is 0.338 e. The molecule has 0 saturated carbocycles. The monoisotopic (exact) mass is 300 g/mol. The molecule has 4 heteroatoms. The van der Waals surface area contributed by atoms with Crippen LogP contribution in [0.15, 0.2) is 72.3 Å². The molecule has 0 radical (unpaired) electrons. The Morgan fingerprint density at radius 2 is 1.23 bits per heavy atom. The van der Waals surface area contributed by atoms with Crippen LogP contribution in [0, 0.1) is 0 Å². The zero-order valence-electron chi connectivity index (χ0n) is 12.9. The van der Waals surface area contributed by atoms with Gasteiger partial charge in [-0.2, -0.15) is 0 Å². The molecule has 2 aliphatic rings. The summed E-state index contributed by atoms with van der Waals surface area (Å²) in [5, 5.41) is 0. The molecule has 0 aliphatic heterocycles. The molecule has 0 atom stereocenters. The fraction of sp³-hybridized carbons (Fsp3) is 0.222. The third-order valence-corrected chi connectivity index (χ3v) is 2.62. The van der Waals surface area contributed by atoms with Crippen molar-refractivity contribution in [3.05, 3.63) is 72.3 Å². The van der Waals surface area contributed by atoms with E-state index in [9.17, 15) is 9.59 Å². The zero-order chi connectivity index (χ0) is 16.5. The quantitative estimate of drug-likeness (QED) is 0.583. The van der Waals surface area contributed by atoms with E-state index in [4.69, 9.17) is 9.47 Å². The molecule has 4 nitrogen and oxygen atoms in total. The van der Waals surface area contributed by atoms with Crippen LogP contribution in [0.5, 0.6) is 0 Å². The van der Waals surface area contributed by atoms with Gasteiger partial charge in [0.15, 0.2) is 0 Å². The number of hydrogen-bond donors (Lipinski definition) is 0. The van der Waals surface area contributed by atoms with Crippen LogP contribution in [0.1, 0.15) is 26.7 Å². The van der Waals surface area contributed by atoms with Crippen molar-refractivity contribution in [3.63, 3.8) is 0 Å². The number of carbonyl (C=O) groups is 2. The molecule has 0 heterocycles. The molecule has 0 fully saturated rings. The van der Waals surface area contributed by atoms with Gasteiger partial charge in [0.1, 0.15) is 11.5 Å². The Bertz CT molecular complexity index is 547. The highest BCUT2D eigenvalue weighted by atomic mass is 16.5. The number of allylic oxidation sites excluding steroid dienone is 6. The van der Waals surface area contributed by atoms with Crippen LogP contribution in [0.4, 0.5) is 0 Å². The van der Waals surface area contributed by atoms with Gasteiger partial charge in [0.25, 0.3) is 0 Å². The average molecular weight is 300 g/mol. The van der Waals surface area contributed by atoms with E-state index in [1.807, 2.05) is 24.3 Å². The molecule has 0 aromatic carbocycles. The van der Waals surface area contributed by atoms with E-state index >= 15 is 0 Å². The van der Waals surface area contributed by atoms with Gasteiger partial charge >= 0.3 is 11.9 Å². The van der Waals surface area contributed by atoms with E-state index in [1.165, 1.54) is 0 Å². The van der Waals surface area contributed by atoms with Crippen molar-refractivity contribution in [2.75, 3.05) is 0 Å². The van der Waals surface area contributed by atoms with E-state index in [-0.39, 0.29) is 11.9 Å². The van der Waals surface area contributed by atoms with Crippen molar-refractivity contribution in [1.29, 1.82) is 0 Å². The zero-order valence-corrected chi connectivity index (χ0v) is 12.9. The van der Waals surface area contributed by atoms with Crippen molar-refractivity contribution in [2.24, 2.45) is 0 Å². The number of ether oxygens (including phenoxy) is 2. The molecule has 22 heavy (non-hydrogen) atoms. The lowest BCUT2D eigenvalue weighted by Gasteiger charge is -2.02. The lowest BCUT2D eigenvalue weighted by atomic mass is 10.3. The van der Waals surface area contributed by atoms with E-state index in [2.05, 4.69) is 13.2 Å². The molecule has 0 bridgehead atoms. The predicted molar refractivity (Wildman–Crippen MR) is 85.5 cm³/mol. The standard InChI is InChI=1S/2C9H10O2/c2*1-7(2)9(10)11-8-5-3-4-6-8/h2*3-5H,1,6H2,2H3. The number of esters is 2. The summed E-state index contributed by atoms with van der Waals surface area (Å²) in [5.41, 5.74) is 0.857. The minimum atomic E-state index is -0.347. The molecule has 0 amide bonds. The van der Waals surface area contributed by atoms with Crippen LogP contribution in [0.2, 0.25) is 0 Å². The number of carbonyl (C=O) groups excluding carboxylic acids is 2. The number of rotatable bonds is 4. The average Bonchev–Trinajstić information content (AvgIpc) is 3.12. The van der Waals surface area contributed by atoms with E-state index in [0.717, 1.165) is 0 Å². The van der Waals surface area contributed by atoms with Crippen molar-refractivity contribution in [2.45, 2.75) is 26.7 Å². The second-order valence-electron chi connectivity index (χ2n) is 4.87. The van der Waals surface area contributed by atoms with E-state index in [0.29, 0.717) is 35.5 Å². The molecule has 0 spiro atoms. The van der Waals surface area contributed by atoms with E-state index < -0.39 is 0 Å². The van der Waals surface area contributed by atoms with Crippen molar-refractivity contribution in [3.8, 4) is 0 Å². The molecule has 0 unspecified atom stereocenters.